The third-order valence-electron chi connectivity index (χ3n) is 5.65. The molecule has 4 unspecified atom stereocenters. The molecule has 0 bridgehead atoms. The van der Waals surface area contributed by atoms with E-state index in [0.29, 0.717) is 12.1 Å². The number of hydrogen-bond acceptors (Lipinski definition) is 3. The Morgan fingerprint density at radius 1 is 1.31 bits per heavy atom. The maximum Gasteiger partial charge on any atom is 0.239 e. The molecule has 2 rings (SSSR count). The van der Waals surface area contributed by atoms with Gasteiger partial charge in [-0.1, -0.05) is 50.6 Å². The van der Waals surface area contributed by atoms with Crippen LogP contribution in [-0.2, 0) is 11.3 Å². The van der Waals surface area contributed by atoms with Crippen molar-refractivity contribution in [3.63, 3.8) is 0 Å². The summed E-state index contributed by atoms with van der Waals surface area (Å²) in [6, 6.07) is 11.0. The Morgan fingerprint density at radius 2 is 1.92 bits per heavy atom. The first kappa shape index (κ1) is 25.2. The van der Waals surface area contributed by atoms with Gasteiger partial charge in [0.15, 0.2) is 0 Å². The van der Waals surface area contributed by atoms with Crippen molar-refractivity contribution in [2.75, 3.05) is 13.6 Å². The molecule has 0 aliphatic carbocycles. The predicted octanol–water partition coefficient (Wildman–Crippen LogP) is 3.71. The number of piperidine rings is 1. The summed E-state index contributed by atoms with van der Waals surface area (Å²) >= 11 is 0. The highest BCUT2D eigenvalue weighted by Crippen LogP contribution is 2.24. The first-order valence-electron chi connectivity index (χ1n) is 9.24. The maximum atomic E-state index is 12.6. The Balaban J connectivity index is 0.00000312. The molecule has 0 aromatic heterocycles. The maximum absolute atomic E-state index is 12.6. The Bertz CT molecular complexity index is 529. The quantitative estimate of drug-likeness (QED) is 0.786. The van der Waals surface area contributed by atoms with Gasteiger partial charge >= 0.3 is 0 Å². The molecule has 0 radical (unpaired) electrons. The fourth-order valence-corrected chi connectivity index (χ4v) is 3.51. The summed E-state index contributed by atoms with van der Waals surface area (Å²) in [7, 11) is 1.93. The lowest BCUT2D eigenvalue weighted by Gasteiger charge is -2.42. The van der Waals surface area contributed by atoms with Gasteiger partial charge in [-0.15, -0.1) is 24.8 Å². The minimum absolute atomic E-state index is 0. The van der Waals surface area contributed by atoms with Gasteiger partial charge in [-0.3, -0.25) is 9.69 Å². The molecule has 4 nitrogen and oxygen atoms in total. The Labute approximate surface area is 171 Å². The number of benzene rings is 1. The molecular weight excluding hydrogens is 369 g/mol. The number of halogens is 2. The molecule has 1 saturated heterocycles. The van der Waals surface area contributed by atoms with Gasteiger partial charge in [0.25, 0.3) is 0 Å². The Morgan fingerprint density at radius 3 is 2.46 bits per heavy atom. The van der Waals surface area contributed by atoms with Crippen molar-refractivity contribution >= 4 is 30.7 Å². The molecule has 1 fully saturated rings. The third kappa shape index (κ3) is 6.41. The smallest absolute Gasteiger partial charge is 0.239 e. The Kier molecular flexibility index (Phi) is 11.4. The summed E-state index contributed by atoms with van der Waals surface area (Å²) < 4.78 is 0. The zero-order valence-corrected chi connectivity index (χ0v) is 18.1. The van der Waals surface area contributed by atoms with E-state index in [4.69, 9.17) is 5.73 Å². The highest BCUT2D eigenvalue weighted by molar-refractivity contribution is 5.85. The molecule has 1 aliphatic rings. The van der Waals surface area contributed by atoms with Crippen molar-refractivity contribution in [3.8, 4) is 0 Å². The number of rotatable bonds is 6. The number of carbonyl (C=O) groups excluding carboxylic acids is 1. The lowest BCUT2D eigenvalue weighted by Crippen LogP contribution is -2.53. The van der Waals surface area contributed by atoms with Crippen molar-refractivity contribution in [2.45, 2.75) is 64.7 Å². The summed E-state index contributed by atoms with van der Waals surface area (Å²) in [4.78, 5) is 17.0. The van der Waals surface area contributed by atoms with Crippen molar-refractivity contribution in [2.24, 2.45) is 11.7 Å². The highest BCUT2D eigenvalue weighted by Gasteiger charge is 2.32. The first-order valence-corrected chi connectivity index (χ1v) is 9.24. The number of nitrogens with two attached hydrogens (primary N) is 1. The van der Waals surface area contributed by atoms with Crippen molar-refractivity contribution in [3.05, 3.63) is 35.9 Å². The van der Waals surface area contributed by atoms with E-state index in [9.17, 15) is 4.79 Å². The average molecular weight is 404 g/mol. The van der Waals surface area contributed by atoms with Gasteiger partial charge in [-0.2, -0.15) is 0 Å². The standard InChI is InChI=1S/C20H33N3O.2ClH/c1-5-15(2)19(21)20(24)22(4)18-11-12-23(16(3)13-18)14-17-9-7-6-8-10-17;;/h6-10,15-16,18-19H,5,11-14,21H2,1-4H3;2*1H. The number of likely N-dealkylation sites (tertiary alicyclic amines) is 1. The first-order chi connectivity index (χ1) is 11.4. The van der Waals surface area contributed by atoms with E-state index < -0.39 is 0 Å². The van der Waals surface area contributed by atoms with Gasteiger partial charge in [0, 0.05) is 32.2 Å². The van der Waals surface area contributed by atoms with Gasteiger partial charge in [0.1, 0.15) is 0 Å². The van der Waals surface area contributed by atoms with Crippen LogP contribution < -0.4 is 5.73 Å². The van der Waals surface area contributed by atoms with Crippen LogP contribution in [0.3, 0.4) is 0 Å². The van der Waals surface area contributed by atoms with E-state index >= 15 is 0 Å². The van der Waals surface area contributed by atoms with E-state index in [1.165, 1.54) is 5.56 Å². The normalized spacial score (nSPS) is 22.5. The summed E-state index contributed by atoms with van der Waals surface area (Å²) in [5, 5.41) is 0. The van der Waals surface area contributed by atoms with Crippen LogP contribution in [0.1, 0.15) is 45.6 Å². The number of hydrogen-bond donors (Lipinski definition) is 1. The van der Waals surface area contributed by atoms with Crippen molar-refractivity contribution < 1.29 is 4.79 Å². The van der Waals surface area contributed by atoms with Crippen molar-refractivity contribution in [1.29, 1.82) is 0 Å². The fraction of sp³-hybridized carbons (Fsp3) is 0.650. The SMILES string of the molecule is CCC(C)C(N)C(=O)N(C)C1CCN(Cc2ccccc2)C(C)C1.Cl.Cl. The second-order valence-corrected chi connectivity index (χ2v) is 7.34. The van der Waals surface area contributed by atoms with E-state index in [2.05, 4.69) is 56.0 Å². The van der Waals surface area contributed by atoms with Crippen LogP contribution in [0.5, 0.6) is 0 Å². The molecule has 1 aromatic rings. The minimum atomic E-state index is -0.377. The van der Waals surface area contributed by atoms with Gasteiger partial charge in [-0.25, -0.2) is 0 Å². The van der Waals surface area contributed by atoms with E-state index in [1.807, 2.05) is 11.9 Å². The summed E-state index contributed by atoms with van der Waals surface area (Å²) in [6.07, 6.45) is 2.97. The topological polar surface area (TPSA) is 49.6 Å². The van der Waals surface area contributed by atoms with Gasteiger partial charge in [0.05, 0.1) is 6.04 Å². The van der Waals surface area contributed by atoms with Crippen LogP contribution >= 0.6 is 24.8 Å². The fourth-order valence-electron chi connectivity index (χ4n) is 3.51. The minimum Gasteiger partial charge on any atom is -0.341 e. The van der Waals surface area contributed by atoms with E-state index in [0.717, 1.165) is 32.4 Å². The van der Waals surface area contributed by atoms with Gasteiger partial charge < -0.3 is 10.6 Å². The molecule has 1 amide bonds. The van der Waals surface area contributed by atoms with Crippen LogP contribution in [0, 0.1) is 5.92 Å². The number of likely N-dealkylation sites (N-methyl/N-ethyl adjacent to an activating group) is 1. The summed E-state index contributed by atoms with van der Waals surface area (Å²) in [5.41, 5.74) is 7.49. The summed E-state index contributed by atoms with van der Waals surface area (Å²) in [6.45, 7) is 8.42. The summed E-state index contributed by atoms with van der Waals surface area (Å²) in [5.74, 6) is 0.327. The molecule has 1 aromatic carbocycles. The predicted molar refractivity (Wildman–Crippen MR) is 114 cm³/mol. The molecule has 0 spiro atoms. The molecule has 26 heavy (non-hydrogen) atoms. The molecule has 4 atom stereocenters. The lowest BCUT2D eigenvalue weighted by molar-refractivity contribution is -0.135. The Hall–Kier alpha value is -0.810. The third-order valence-corrected chi connectivity index (χ3v) is 5.65. The molecule has 0 saturated carbocycles. The molecule has 2 N–H and O–H groups in total. The van der Waals surface area contributed by atoms with Gasteiger partial charge in [0.2, 0.25) is 5.91 Å². The van der Waals surface area contributed by atoms with E-state index in [-0.39, 0.29) is 42.7 Å². The number of amides is 1. The lowest BCUT2D eigenvalue weighted by atomic mass is 9.94. The van der Waals surface area contributed by atoms with E-state index in [1.54, 1.807) is 0 Å². The van der Waals surface area contributed by atoms with Crippen molar-refractivity contribution in [1.82, 2.24) is 9.80 Å². The average Bonchev–Trinajstić information content (AvgIpc) is 2.61. The molecule has 150 valence electrons. The molecular formula is C20H35Cl2N3O. The highest BCUT2D eigenvalue weighted by atomic mass is 35.5. The van der Waals surface area contributed by atoms with Gasteiger partial charge in [-0.05, 0) is 31.2 Å². The molecule has 1 aliphatic heterocycles. The second kappa shape index (κ2) is 11.8. The van der Waals surface area contributed by atoms with Crippen LogP contribution in [0.15, 0.2) is 30.3 Å². The number of nitrogens with zero attached hydrogens (tertiary/aromatic N) is 2. The van der Waals surface area contributed by atoms with Crippen LogP contribution in [0.2, 0.25) is 0 Å². The molecule has 1 heterocycles. The zero-order valence-electron chi connectivity index (χ0n) is 16.4. The largest absolute Gasteiger partial charge is 0.341 e. The van der Waals surface area contributed by atoms with Crippen LogP contribution in [-0.4, -0.2) is 47.4 Å². The van der Waals surface area contributed by atoms with Crippen LogP contribution in [0.25, 0.3) is 0 Å². The molecule has 6 heteroatoms. The number of carbonyl (C=O) groups is 1. The monoisotopic (exact) mass is 403 g/mol. The second-order valence-electron chi connectivity index (χ2n) is 7.34. The van der Waals surface area contributed by atoms with Crippen LogP contribution in [0.4, 0.5) is 0 Å². The zero-order chi connectivity index (χ0) is 17.7.